The molecule has 0 aliphatic carbocycles. The van der Waals surface area contributed by atoms with Crippen molar-refractivity contribution in [3.63, 3.8) is 0 Å². The highest BCUT2D eigenvalue weighted by Crippen LogP contribution is 2.21. The van der Waals surface area contributed by atoms with Crippen LogP contribution in [0, 0.1) is 0 Å². The molecule has 3 heteroatoms. The summed E-state index contributed by atoms with van der Waals surface area (Å²) in [5, 5.41) is 11.2. The highest BCUT2D eigenvalue weighted by molar-refractivity contribution is 7.10. The highest BCUT2D eigenvalue weighted by atomic mass is 32.1. The van der Waals surface area contributed by atoms with E-state index in [1.165, 1.54) is 16.9 Å². The van der Waals surface area contributed by atoms with Gasteiger partial charge in [-0.15, -0.1) is 11.3 Å². The Morgan fingerprint density at radius 1 is 1.28 bits per heavy atom. The van der Waals surface area contributed by atoms with E-state index in [0.717, 1.165) is 16.9 Å². The van der Waals surface area contributed by atoms with Crippen molar-refractivity contribution in [2.75, 3.05) is 0 Å². The molecule has 0 atom stereocenters. The number of aliphatic carboxylic acids is 1. The maximum absolute atomic E-state index is 11.3. The van der Waals surface area contributed by atoms with Crippen LogP contribution in [0.3, 0.4) is 0 Å². The lowest BCUT2D eigenvalue weighted by atomic mass is 10.0. The average molecular weight is 258 g/mol. The molecule has 0 spiro atoms. The number of rotatable bonds is 4. The maximum Gasteiger partial charge on any atom is 0.336 e. The normalized spacial score (nSPS) is 11.5. The minimum atomic E-state index is -0.896. The molecule has 0 aliphatic heterocycles. The van der Waals surface area contributed by atoms with Gasteiger partial charge in [-0.1, -0.05) is 37.3 Å². The second-order valence-electron chi connectivity index (χ2n) is 3.93. The molecule has 0 unspecified atom stereocenters. The van der Waals surface area contributed by atoms with Crippen molar-refractivity contribution in [2.45, 2.75) is 13.3 Å². The van der Waals surface area contributed by atoms with Crippen molar-refractivity contribution in [2.24, 2.45) is 0 Å². The zero-order valence-corrected chi connectivity index (χ0v) is 10.9. The molecule has 0 saturated carbocycles. The lowest BCUT2D eigenvalue weighted by Crippen LogP contribution is -1.99. The van der Waals surface area contributed by atoms with Gasteiger partial charge in [0.1, 0.15) is 0 Å². The molecule has 0 aliphatic rings. The molecule has 2 rings (SSSR count). The molecule has 1 aromatic heterocycles. The molecule has 0 saturated heterocycles. The van der Waals surface area contributed by atoms with Gasteiger partial charge in [-0.3, -0.25) is 0 Å². The first-order valence-corrected chi connectivity index (χ1v) is 6.66. The van der Waals surface area contributed by atoms with Crippen LogP contribution >= 0.6 is 11.3 Å². The van der Waals surface area contributed by atoms with E-state index in [1.807, 2.05) is 41.8 Å². The zero-order valence-electron chi connectivity index (χ0n) is 10.1. The molecular weight excluding hydrogens is 244 g/mol. The fourth-order valence-corrected chi connectivity index (χ4v) is 2.36. The summed E-state index contributed by atoms with van der Waals surface area (Å²) in [5.41, 5.74) is 2.29. The molecule has 1 N–H and O–H groups in total. The van der Waals surface area contributed by atoms with E-state index < -0.39 is 5.97 Å². The smallest absolute Gasteiger partial charge is 0.336 e. The van der Waals surface area contributed by atoms with Crippen molar-refractivity contribution in [3.8, 4) is 0 Å². The maximum atomic E-state index is 11.3. The number of benzene rings is 1. The van der Waals surface area contributed by atoms with E-state index in [-0.39, 0.29) is 0 Å². The predicted molar refractivity (Wildman–Crippen MR) is 75.6 cm³/mol. The Hall–Kier alpha value is -1.87. The molecule has 18 heavy (non-hydrogen) atoms. The summed E-state index contributed by atoms with van der Waals surface area (Å²) in [4.78, 5) is 12.3. The number of aryl methyl sites for hydroxylation is 1. The van der Waals surface area contributed by atoms with Gasteiger partial charge in [0.15, 0.2) is 0 Å². The van der Waals surface area contributed by atoms with Gasteiger partial charge in [0, 0.05) is 4.88 Å². The van der Waals surface area contributed by atoms with Gasteiger partial charge in [-0.25, -0.2) is 4.79 Å². The predicted octanol–water partition coefficient (Wildman–Crippen LogP) is 3.94. The van der Waals surface area contributed by atoms with E-state index in [9.17, 15) is 9.90 Å². The number of carbonyl (C=O) groups is 1. The summed E-state index contributed by atoms with van der Waals surface area (Å²) in [6.07, 6.45) is 2.67. The van der Waals surface area contributed by atoms with Crippen molar-refractivity contribution >= 4 is 29.0 Å². The lowest BCUT2D eigenvalue weighted by Gasteiger charge is -2.03. The van der Waals surface area contributed by atoms with Gasteiger partial charge in [0.05, 0.1) is 5.57 Å². The fourth-order valence-electron chi connectivity index (χ4n) is 1.70. The third kappa shape index (κ3) is 2.87. The standard InChI is InChI=1S/C15H14O2S/c1-2-11-5-7-12(8-6-11)14(15(16)17)10-13-4-3-9-18-13/h3-10H,2H2,1H3,(H,16,17)/b14-10-. The van der Waals surface area contributed by atoms with Gasteiger partial charge in [-0.05, 0) is 35.1 Å². The van der Waals surface area contributed by atoms with Gasteiger partial charge in [-0.2, -0.15) is 0 Å². The molecule has 1 heterocycles. The number of carboxylic acid groups (broad SMARTS) is 1. The molecule has 0 bridgehead atoms. The summed E-state index contributed by atoms with van der Waals surface area (Å²) in [5.74, 6) is -0.896. The van der Waals surface area contributed by atoms with E-state index in [4.69, 9.17) is 0 Å². The largest absolute Gasteiger partial charge is 0.478 e. The summed E-state index contributed by atoms with van der Waals surface area (Å²) in [6.45, 7) is 2.08. The zero-order chi connectivity index (χ0) is 13.0. The number of hydrogen-bond donors (Lipinski definition) is 1. The SMILES string of the molecule is CCc1ccc(/C(=C/c2cccs2)C(=O)O)cc1. The van der Waals surface area contributed by atoms with E-state index in [0.29, 0.717) is 5.57 Å². The fraction of sp³-hybridized carbons (Fsp3) is 0.133. The Morgan fingerprint density at radius 3 is 2.50 bits per heavy atom. The third-order valence-electron chi connectivity index (χ3n) is 2.73. The van der Waals surface area contributed by atoms with Crippen molar-refractivity contribution in [1.29, 1.82) is 0 Å². The Kier molecular flexibility index (Phi) is 3.95. The first-order chi connectivity index (χ1) is 8.70. The van der Waals surface area contributed by atoms with Crippen LogP contribution in [0.5, 0.6) is 0 Å². The monoisotopic (exact) mass is 258 g/mol. The average Bonchev–Trinajstić information content (AvgIpc) is 2.89. The molecule has 2 nitrogen and oxygen atoms in total. The third-order valence-corrected chi connectivity index (χ3v) is 3.55. The summed E-state index contributed by atoms with van der Waals surface area (Å²) in [7, 11) is 0. The van der Waals surface area contributed by atoms with Gasteiger partial charge < -0.3 is 5.11 Å². The van der Waals surface area contributed by atoms with Crippen LogP contribution in [0.4, 0.5) is 0 Å². The van der Waals surface area contributed by atoms with E-state index >= 15 is 0 Å². The van der Waals surface area contributed by atoms with E-state index in [1.54, 1.807) is 6.08 Å². The summed E-state index contributed by atoms with van der Waals surface area (Å²) in [6, 6.07) is 11.5. The highest BCUT2D eigenvalue weighted by Gasteiger charge is 2.10. The summed E-state index contributed by atoms with van der Waals surface area (Å²) >= 11 is 1.53. The number of thiophene rings is 1. The van der Waals surface area contributed by atoms with Crippen LogP contribution in [0.1, 0.15) is 22.9 Å². The molecule has 1 aromatic carbocycles. The summed E-state index contributed by atoms with van der Waals surface area (Å²) < 4.78 is 0. The van der Waals surface area contributed by atoms with Crippen molar-refractivity contribution in [3.05, 3.63) is 57.8 Å². The van der Waals surface area contributed by atoms with Crippen LogP contribution in [-0.2, 0) is 11.2 Å². The lowest BCUT2D eigenvalue weighted by molar-refractivity contribution is -0.130. The second-order valence-corrected chi connectivity index (χ2v) is 4.91. The Labute approximate surface area is 110 Å². The minimum Gasteiger partial charge on any atom is -0.478 e. The van der Waals surface area contributed by atoms with Gasteiger partial charge in [0.2, 0.25) is 0 Å². The number of hydrogen-bond acceptors (Lipinski definition) is 2. The molecule has 0 radical (unpaired) electrons. The van der Waals surface area contributed by atoms with Crippen molar-refractivity contribution < 1.29 is 9.90 Å². The topological polar surface area (TPSA) is 37.3 Å². The van der Waals surface area contributed by atoms with Crippen molar-refractivity contribution in [1.82, 2.24) is 0 Å². The quantitative estimate of drug-likeness (QED) is 0.843. The Bertz CT molecular complexity index is 551. The first kappa shape index (κ1) is 12.6. The minimum absolute atomic E-state index is 0.333. The van der Waals surface area contributed by atoms with Crippen LogP contribution in [0.15, 0.2) is 41.8 Å². The van der Waals surface area contributed by atoms with Crippen LogP contribution in [-0.4, -0.2) is 11.1 Å². The van der Waals surface area contributed by atoms with Crippen LogP contribution in [0.25, 0.3) is 11.6 Å². The molecular formula is C15H14O2S. The molecule has 2 aromatic rings. The molecule has 0 amide bonds. The van der Waals surface area contributed by atoms with Gasteiger partial charge >= 0.3 is 5.97 Å². The Balaban J connectivity index is 2.38. The van der Waals surface area contributed by atoms with Gasteiger partial charge in [0.25, 0.3) is 0 Å². The van der Waals surface area contributed by atoms with Crippen LogP contribution in [0.2, 0.25) is 0 Å². The Morgan fingerprint density at radius 2 is 2.00 bits per heavy atom. The second kappa shape index (κ2) is 5.65. The van der Waals surface area contributed by atoms with E-state index in [2.05, 4.69) is 6.92 Å². The molecule has 92 valence electrons. The molecule has 0 fully saturated rings. The number of carboxylic acids is 1. The first-order valence-electron chi connectivity index (χ1n) is 5.78. The van der Waals surface area contributed by atoms with Crippen LogP contribution < -0.4 is 0 Å².